The van der Waals surface area contributed by atoms with Crippen LogP contribution in [-0.2, 0) is 19.5 Å². The van der Waals surface area contributed by atoms with Gasteiger partial charge >= 0.3 is 0 Å². The molecule has 0 saturated heterocycles. The molecule has 0 amide bonds. The number of rotatable bonds is 8. The molecule has 0 aliphatic heterocycles. The second-order valence-electron chi connectivity index (χ2n) is 6.46. The summed E-state index contributed by atoms with van der Waals surface area (Å²) in [4.78, 5) is 0. The van der Waals surface area contributed by atoms with Crippen molar-refractivity contribution in [3.05, 3.63) is 71.0 Å². The van der Waals surface area contributed by atoms with Crippen molar-refractivity contribution < 1.29 is 4.39 Å². The first-order chi connectivity index (χ1) is 11.0. The molecular weight excluding hydrogens is 287 g/mol. The molecule has 2 N–H and O–H groups in total. The van der Waals surface area contributed by atoms with Crippen molar-refractivity contribution in [2.24, 2.45) is 0 Å². The average Bonchev–Trinajstić information content (AvgIpc) is 2.53. The van der Waals surface area contributed by atoms with Crippen LogP contribution in [0.5, 0.6) is 0 Å². The summed E-state index contributed by atoms with van der Waals surface area (Å²) in [5, 5.41) is 6.91. The highest BCUT2D eigenvalue weighted by molar-refractivity contribution is 5.23. The Bertz CT molecular complexity index is 576. The Hall–Kier alpha value is -1.71. The third kappa shape index (κ3) is 6.51. The maximum absolute atomic E-state index is 12.9. The van der Waals surface area contributed by atoms with E-state index in [1.54, 1.807) is 0 Å². The number of hydrogen-bond acceptors (Lipinski definition) is 2. The zero-order chi connectivity index (χ0) is 16.7. The molecule has 2 aromatic rings. The van der Waals surface area contributed by atoms with Gasteiger partial charge in [0.2, 0.25) is 0 Å². The Morgan fingerprint density at radius 1 is 0.739 bits per heavy atom. The Morgan fingerprint density at radius 2 is 1.22 bits per heavy atom. The summed E-state index contributed by atoms with van der Waals surface area (Å²) in [6, 6.07) is 16.3. The van der Waals surface area contributed by atoms with E-state index in [0.717, 1.165) is 25.1 Å². The molecule has 0 saturated carbocycles. The number of halogens is 1. The molecule has 3 heteroatoms. The predicted molar refractivity (Wildman–Crippen MR) is 94.8 cm³/mol. The van der Waals surface area contributed by atoms with Crippen LogP contribution in [0, 0.1) is 5.82 Å². The quantitative estimate of drug-likeness (QED) is 0.768. The molecule has 2 aromatic carbocycles. The van der Waals surface area contributed by atoms with Gasteiger partial charge in [-0.05, 0) is 42.2 Å². The highest BCUT2D eigenvalue weighted by Crippen LogP contribution is 2.08. The first-order valence-electron chi connectivity index (χ1n) is 8.32. The summed E-state index contributed by atoms with van der Waals surface area (Å²) in [6.45, 7) is 8.16. The van der Waals surface area contributed by atoms with Gasteiger partial charge < -0.3 is 10.6 Å². The minimum absolute atomic E-state index is 0.186. The Labute approximate surface area is 139 Å². The van der Waals surface area contributed by atoms with Crippen molar-refractivity contribution in [3.63, 3.8) is 0 Å². The second kappa shape index (κ2) is 8.80. The van der Waals surface area contributed by atoms with Crippen LogP contribution in [0.1, 0.15) is 37.5 Å². The van der Waals surface area contributed by atoms with Crippen molar-refractivity contribution in [3.8, 4) is 0 Å². The van der Waals surface area contributed by atoms with Crippen LogP contribution < -0.4 is 10.6 Å². The molecule has 0 spiro atoms. The Morgan fingerprint density at radius 3 is 1.78 bits per heavy atom. The van der Waals surface area contributed by atoms with Crippen LogP contribution in [-0.4, -0.2) is 12.1 Å². The summed E-state index contributed by atoms with van der Waals surface area (Å²) in [6.07, 6.45) is 0.985. The lowest BCUT2D eigenvalue weighted by atomic mass is 10.0. The lowest BCUT2D eigenvalue weighted by Gasteiger charge is -2.15. The monoisotopic (exact) mass is 314 g/mol. The van der Waals surface area contributed by atoms with E-state index in [1.807, 2.05) is 12.1 Å². The molecular formula is C20H27FN2. The molecule has 0 bridgehead atoms. The highest BCUT2D eigenvalue weighted by atomic mass is 19.1. The third-order valence-corrected chi connectivity index (χ3v) is 3.85. The van der Waals surface area contributed by atoms with Gasteiger partial charge in [0.25, 0.3) is 0 Å². The molecule has 0 aliphatic rings. The van der Waals surface area contributed by atoms with Crippen LogP contribution in [0.25, 0.3) is 0 Å². The normalized spacial score (nSPS) is 12.6. The van der Waals surface area contributed by atoms with Crippen LogP contribution in [0.4, 0.5) is 4.39 Å². The van der Waals surface area contributed by atoms with Gasteiger partial charge in [-0.1, -0.05) is 50.2 Å². The fourth-order valence-corrected chi connectivity index (χ4v) is 2.44. The lowest BCUT2D eigenvalue weighted by Crippen LogP contribution is -2.27. The molecule has 23 heavy (non-hydrogen) atoms. The van der Waals surface area contributed by atoms with E-state index < -0.39 is 0 Å². The van der Waals surface area contributed by atoms with E-state index in [1.165, 1.54) is 23.3 Å². The second-order valence-corrected chi connectivity index (χ2v) is 6.46. The average molecular weight is 314 g/mol. The van der Waals surface area contributed by atoms with Crippen LogP contribution in [0.3, 0.4) is 0 Å². The maximum Gasteiger partial charge on any atom is 0.123 e. The third-order valence-electron chi connectivity index (χ3n) is 3.85. The minimum Gasteiger partial charge on any atom is -0.310 e. The van der Waals surface area contributed by atoms with Crippen LogP contribution in [0.2, 0.25) is 0 Å². The smallest absolute Gasteiger partial charge is 0.123 e. The van der Waals surface area contributed by atoms with Crippen LogP contribution in [0.15, 0.2) is 48.5 Å². The van der Waals surface area contributed by atoms with E-state index in [0.29, 0.717) is 12.1 Å². The van der Waals surface area contributed by atoms with E-state index in [4.69, 9.17) is 0 Å². The van der Waals surface area contributed by atoms with Gasteiger partial charge in [0.1, 0.15) is 5.82 Å². The van der Waals surface area contributed by atoms with Gasteiger partial charge in [0.05, 0.1) is 0 Å². The van der Waals surface area contributed by atoms with Gasteiger partial charge in [-0.2, -0.15) is 0 Å². The molecule has 2 rings (SSSR count). The number of benzene rings is 2. The maximum atomic E-state index is 12.9. The Balaban J connectivity index is 1.78. The van der Waals surface area contributed by atoms with Gasteiger partial charge in [-0.15, -0.1) is 0 Å². The van der Waals surface area contributed by atoms with Gasteiger partial charge in [-0.25, -0.2) is 4.39 Å². The zero-order valence-electron chi connectivity index (χ0n) is 14.3. The first kappa shape index (κ1) is 17.6. The standard InChI is InChI=1S/C20H27FN2/c1-15(2)22-13-18-6-4-17(5-7-18)12-16(3)23-14-19-8-10-20(21)11-9-19/h4-11,15-16,22-23H,12-14H2,1-3H3. The number of nitrogens with one attached hydrogen (secondary N) is 2. The molecule has 0 fully saturated rings. The lowest BCUT2D eigenvalue weighted by molar-refractivity contribution is 0.544. The molecule has 2 nitrogen and oxygen atoms in total. The fraction of sp³-hybridized carbons (Fsp3) is 0.400. The summed E-state index contributed by atoms with van der Waals surface area (Å²) < 4.78 is 12.9. The molecule has 0 heterocycles. The highest BCUT2D eigenvalue weighted by Gasteiger charge is 2.04. The molecule has 0 radical (unpaired) electrons. The van der Waals surface area contributed by atoms with E-state index in [9.17, 15) is 4.39 Å². The molecule has 0 aromatic heterocycles. The summed E-state index contributed by atoms with van der Waals surface area (Å²) in [5.74, 6) is -0.186. The molecule has 124 valence electrons. The largest absolute Gasteiger partial charge is 0.310 e. The van der Waals surface area contributed by atoms with E-state index in [-0.39, 0.29) is 5.82 Å². The van der Waals surface area contributed by atoms with Gasteiger partial charge in [0, 0.05) is 25.2 Å². The first-order valence-corrected chi connectivity index (χ1v) is 8.32. The van der Waals surface area contributed by atoms with Crippen LogP contribution >= 0.6 is 0 Å². The van der Waals surface area contributed by atoms with Crippen molar-refractivity contribution in [2.75, 3.05) is 0 Å². The molecule has 1 atom stereocenters. The zero-order valence-corrected chi connectivity index (χ0v) is 14.3. The van der Waals surface area contributed by atoms with Crippen molar-refractivity contribution in [1.29, 1.82) is 0 Å². The summed E-state index contributed by atoms with van der Waals surface area (Å²) in [7, 11) is 0. The number of hydrogen-bond donors (Lipinski definition) is 2. The minimum atomic E-state index is -0.186. The van der Waals surface area contributed by atoms with Crippen molar-refractivity contribution in [1.82, 2.24) is 10.6 Å². The molecule has 0 aliphatic carbocycles. The van der Waals surface area contributed by atoms with Crippen molar-refractivity contribution in [2.45, 2.75) is 52.4 Å². The summed E-state index contributed by atoms with van der Waals surface area (Å²) in [5.41, 5.74) is 3.75. The summed E-state index contributed by atoms with van der Waals surface area (Å²) >= 11 is 0. The van der Waals surface area contributed by atoms with E-state index in [2.05, 4.69) is 55.7 Å². The fourth-order valence-electron chi connectivity index (χ4n) is 2.44. The van der Waals surface area contributed by atoms with E-state index >= 15 is 0 Å². The van der Waals surface area contributed by atoms with Crippen molar-refractivity contribution >= 4 is 0 Å². The predicted octanol–water partition coefficient (Wildman–Crippen LogP) is 4.04. The SMILES string of the molecule is CC(C)NCc1ccc(CC(C)NCc2ccc(F)cc2)cc1. The van der Waals surface area contributed by atoms with Gasteiger partial charge in [-0.3, -0.25) is 0 Å². The Kier molecular flexibility index (Phi) is 6.75. The topological polar surface area (TPSA) is 24.1 Å². The van der Waals surface area contributed by atoms with Gasteiger partial charge in [0.15, 0.2) is 0 Å². The molecule has 1 unspecified atom stereocenters.